The summed E-state index contributed by atoms with van der Waals surface area (Å²) in [6.07, 6.45) is -0.498. The predicted octanol–water partition coefficient (Wildman–Crippen LogP) is 0.967. The van der Waals surface area contributed by atoms with Crippen molar-refractivity contribution in [1.82, 2.24) is 5.32 Å². The van der Waals surface area contributed by atoms with Crippen LogP contribution in [-0.2, 0) is 11.3 Å². The van der Waals surface area contributed by atoms with Crippen LogP contribution in [0.25, 0.3) is 0 Å². The first kappa shape index (κ1) is 10.0. The van der Waals surface area contributed by atoms with Crippen LogP contribution in [0.2, 0.25) is 0 Å². The van der Waals surface area contributed by atoms with Crippen molar-refractivity contribution < 1.29 is 14.6 Å². The summed E-state index contributed by atoms with van der Waals surface area (Å²) in [6.45, 7) is 0.437. The highest BCUT2D eigenvalue weighted by Gasteiger charge is 2.00. The second-order valence-electron chi connectivity index (χ2n) is 2.31. The van der Waals surface area contributed by atoms with Gasteiger partial charge < -0.3 is 15.2 Å². The molecule has 0 aliphatic carbocycles. The minimum atomic E-state index is -0.498. The summed E-state index contributed by atoms with van der Waals surface area (Å²) in [5.41, 5.74) is 0. The summed E-state index contributed by atoms with van der Waals surface area (Å²) in [7, 11) is 0. The van der Waals surface area contributed by atoms with E-state index in [9.17, 15) is 4.79 Å². The molecule has 1 rings (SSSR count). The Morgan fingerprint density at radius 2 is 2.54 bits per heavy atom. The van der Waals surface area contributed by atoms with Gasteiger partial charge >= 0.3 is 6.09 Å². The van der Waals surface area contributed by atoms with E-state index in [0.29, 0.717) is 0 Å². The topological polar surface area (TPSA) is 58.6 Å². The molecule has 0 aliphatic rings. The number of aliphatic hydroxyl groups excluding tert-OH is 1. The Morgan fingerprint density at radius 3 is 3.15 bits per heavy atom. The van der Waals surface area contributed by atoms with E-state index in [1.807, 2.05) is 17.5 Å². The van der Waals surface area contributed by atoms with Gasteiger partial charge in [-0.1, -0.05) is 6.07 Å². The fraction of sp³-hybridized carbons (Fsp3) is 0.375. The molecule has 1 heterocycles. The third-order valence-electron chi connectivity index (χ3n) is 1.31. The van der Waals surface area contributed by atoms with Gasteiger partial charge in [0.05, 0.1) is 6.61 Å². The van der Waals surface area contributed by atoms with Crippen LogP contribution in [0.4, 0.5) is 4.79 Å². The van der Waals surface area contributed by atoms with Gasteiger partial charge in [0, 0.05) is 11.4 Å². The molecule has 0 aliphatic heterocycles. The lowest BCUT2D eigenvalue weighted by molar-refractivity contribution is 0.138. The Labute approximate surface area is 80.2 Å². The SMILES string of the molecule is O=C(NCCO)OCc1cccs1. The van der Waals surface area contributed by atoms with Gasteiger partial charge in [0.2, 0.25) is 0 Å². The zero-order valence-electron chi connectivity index (χ0n) is 7.03. The molecule has 0 radical (unpaired) electrons. The number of alkyl carbamates (subject to hydrolysis) is 1. The number of amides is 1. The maximum atomic E-state index is 10.9. The van der Waals surface area contributed by atoms with E-state index >= 15 is 0 Å². The molecule has 4 nitrogen and oxygen atoms in total. The lowest BCUT2D eigenvalue weighted by Crippen LogP contribution is -2.26. The predicted molar refractivity (Wildman–Crippen MR) is 49.6 cm³/mol. The van der Waals surface area contributed by atoms with Crippen LogP contribution in [0.5, 0.6) is 0 Å². The largest absolute Gasteiger partial charge is 0.444 e. The molecule has 72 valence electrons. The quantitative estimate of drug-likeness (QED) is 0.763. The molecular weight excluding hydrogens is 190 g/mol. The zero-order chi connectivity index (χ0) is 9.52. The summed E-state index contributed by atoms with van der Waals surface area (Å²) in [6, 6.07) is 3.79. The van der Waals surface area contributed by atoms with E-state index < -0.39 is 6.09 Å². The highest BCUT2D eigenvalue weighted by atomic mass is 32.1. The van der Waals surface area contributed by atoms with Crippen molar-refractivity contribution in [3.8, 4) is 0 Å². The Hall–Kier alpha value is -1.07. The number of carbonyl (C=O) groups excluding carboxylic acids is 1. The summed E-state index contributed by atoms with van der Waals surface area (Å²) in [5, 5.41) is 12.7. The molecule has 0 spiro atoms. The number of rotatable bonds is 4. The van der Waals surface area contributed by atoms with Gasteiger partial charge in [0.25, 0.3) is 0 Å². The highest BCUT2D eigenvalue weighted by molar-refractivity contribution is 7.09. The van der Waals surface area contributed by atoms with Crippen molar-refractivity contribution in [3.63, 3.8) is 0 Å². The molecule has 0 saturated heterocycles. The standard InChI is InChI=1S/C8H11NO3S/c10-4-3-9-8(11)12-6-7-2-1-5-13-7/h1-2,5,10H,3-4,6H2,(H,9,11). The van der Waals surface area contributed by atoms with Crippen molar-refractivity contribution in [2.24, 2.45) is 0 Å². The smallest absolute Gasteiger partial charge is 0.407 e. The second kappa shape index (κ2) is 5.55. The van der Waals surface area contributed by atoms with Crippen LogP contribution in [0.1, 0.15) is 4.88 Å². The molecule has 1 amide bonds. The number of hydrogen-bond donors (Lipinski definition) is 2. The van der Waals surface area contributed by atoms with E-state index in [0.717, 1.165) is 4.88 Å². The molecule has 0 atom stereocenters. The maximum absolute atomic E-state index is 10.9. The second-order valence-corrected chi connectivity index (χ2v) is 3.34. The Kier molecular flexibility index (Phi) is 4.28. The molecule has 0 bridgehead atoms. The zero-order valence-corrected chi connectivity index (χ0v) is 7.84. The number of ether oxygens (including phenoxy) is 1. The van der Waals surface area contributed by atoms with Crippen LogP contribution in [0.3, 0.4) is 0 Å². The van der Waals surface area contributed by atoms with Crippen molar-refractivity contribution in [2.75, 3.05) is 13.2 Å². The fourth-order valence-electron chi connectivity index (χ4n) is 0.740. The molecule has 2 N–H and O–H groups in total. The van der Waals surface area contributed by atoms with Gasteiger partial charge in [0.1, 0.15) is 6.61 Å². The van der Waals surface area contributed by atoms with Crippen LogP contribution in [-0.4, -0.2) is 24.4 Å². The van der Waals surface area contributed by atoms with E-state index in [-0.39, 0.29) is 19.8 Å². The monoisotopic (exact) mass is 201 g/mol. The van der Waals surface area contributed by atoms with Crippen molar-refractivity contribution in [3.05, 3.63) is 22.4 Å². The molecule has 0 saturated carbocycles. The van der Waals surface area contributed by atoms with Crippen molar-refractivity contribution in [2.45, 2.75) is 6.61 Å². The molecule has 1 aromatic heterocycles. The molecule has 0 aromatic carbocycles. The summed E-state index contributed by atoms with van der Waals surface area (Å²) >= 11 is 1.53. The molecular formula is C8H11NO3S. The fourth-order valence-corrected chi connectivity index (χ4v) is 1.36. The first-order valence-electron chi connectivity index (χ1n) is 3.87. The minimum absolute atomic E-state index is 0.0753. The van der Waals surface area contributed by atoms with Crippen LogP contribution < -0.4 is 5.32 Å². The van der Waals surface area contributed by atoms with E-state index in [4.69, 9.17) is 9.84 Å². The average molecular weight is 201 g/mol. The Balaban J connectivity index is 2.15. The first-order valence-corrected chi connectivity index (χ1v) is 4.75. The molecule has 5 heteroatoms. The maximum Gasteiger partial charge on any atom is 0.407 e. The summed E-state index contributed by atoms with van der Waals surface area (Å²) in [4.78, 5) is 11.9. The van der Waals surface area contributed by atoms with E-state index in [2.05, 4.69) is 5.32 Å². The van der Waals surface area contributed by atoms with E-state index in [1.165, 1.54) is 11.3 Å². The number of carbonyl (C=O) groups is 1. The van der Waals surface area contributed by atoms with Gasteiger partial charge in [-0.15, -0.1) is 11.3 Å². The molecule has 0 unspecified atom stereocenters. The number of nitrogens with one attached hydrogen (secondary N) is 1. The first-order chi connectivity index (χ1) is 6.33. The highest BCUT2D eigenvalue weighted by Crippen LogP contribution is 2.09. The summed E-state index contributed by atoms with van der Waals surface area (Å²) < 4.78 is 4.84. The lowest BCUT2D eigenvalue weighted by Gasteiger charge is -2.03. The van der Waals surface area contributed by atoms with E-state index in [1.54, 1.807) is 0 Å². The molecule has 13 heavy (non-hydrogen) atoms. The minimum Gasteiger partial charge on any atom is -0.444 e. The van der Waals surface area contributed by atoms with Gasteiger partial charge in [-0.05, 0) is 11.4 Å². The van der Waals surface area contributed by atoms with Gasteiger partial charge in [0.15, 0.2) is 0 Å². The van der Waals surface area contributed by atoms with Crippen LogP contribution >= 0.6 is 11.3 Å². The molecule has 0 fully saturated rings. The normalized spacial score (nSPS) is 9.62. The number of thiophene rings is 1. The Bertz CT molecular complexity index is 248. The summed E-state index contributed by atoms with van der Waals surface area (Å²) in [5.74, 6) is 0. The average Bonchev–Trinajstić information content (AvgIpc) is 2.64. The lowest BCUT2D eigenvalue weighted by atomic mass is 10.5. The Morgan fingerprint density at radius 1 is 1.69 bits per heavy atom. The van der Waals surface area contributed by atoms with Gasteiger partial charge in [-0.2, -0.15) is 0 Å². The van der Waals surface area contributed by atoms with Crippen LogP contribution in [0, 0.1) is 0 Å². The van der Waals surface area contributed by atoms with Gasteiger partial charge in [-0.25, -0.2) is 4.79 Å². The van der Waals surface area contributed by atoms with Crippen LogP contribution in [0.15, 0.2) is 17.5 Å². The van der Waals surface area contributed by atoms with Crippen molar-refractivity contribution >= 4 is 17.4 Å². The van der Waals surface area contributed by atoms with Crippen molar-refractivity contribution in [1.29, 1.82) is 0 Å². The third kappa shape index (κ3) is 3.91. The number of aliphatic hydroxyl groups is 1. The van der Waals surface area contributed by atoms with Gasteiger partial charge in [-0.3, -0.25) is 0 Å². The third-order valence-corrected chi connectivity index (χ3v) is 2.16. The number of hydrogen-bond acceptors (Lipinski definition) is 4. The molecule has 1 aromatic rings.